The zero-order valence-electron chi connectivity index (χ0n) is 11.4. The maximum Gasteiger partial charge on any atom is 0.119 e. The molecule has 2 aromatic rings. The summed E-state index contributed by atoms with van der Waals surface area (Å²) >= 11 is 0. The van der Waals surface area contributed by atoms with Gasteiger partial charge in [0.05, 0.1) is 18.9 Å². The molecule has 1 aromatic carbocycles. The number of para-hydroxylation sites is 1. The SMILES string of the molecule is OCc1nnn(CCCOc2ccccc2)c1C1CC1. The number of benzene rings is 1. The molecule has 5 heteroatoms. The summed E-state index contributed by atoms with van der Waals surface area (Å²) in [6, 6.07) is 9.81. The number of aliphatic hydroxyl groups is 1. The molecule has 1 aliphatic rings. The molecule has 1 saturated carbocycles. The highest BCUT2D eigenvalue weighted by molar-refractivity contribution is 5.21. The van der Waals surface area contributed by atoms with E-state index in [9.17, 15) is 5.11 Å². The van der Waals surface area contributed by atoms with Crippen LogP contribution in [0, 0.1) is 0 Å². The van der Waals surface area contributed by atoms with E-state index in [1.807, 2.05) is 35.0 Å². The van der Waals surface area contributed by atoms with Gasteiger partial charge in [0.2, 0.25) is 0 Å². The van der Waals surface area contributed by atoms with Gasteiger partial charge in [-0.2, -0.15) is 0 Å². The number of aryl methyl sites for hydroxylation is 1. The first-order chi connectivity index (χ1) is 9.88. The van der Waals surface area contributed by atoms with Gasteiger partial charge < -0.3 is 9.84 Å². The van der Waals surface area contributed by atoms with Crippen molar-refractivity contribution >= 4 is 0 Å². The van der Waals surface area contributed by atoms with Crippen molar-refractivity contribution in [1.29, 1.82) is 0 Å². The largest absolute Gasteiger partial charge is 0.494 e. The molecule has 1 aliphatic carbocycles. The number of hydrogen-bond donors (Lipinski definition) is 1. The van der Waals surface area contributed by atoms with Gasteiger partial charge in [0.25, 0.3) is 0 Å². The molecule has 3 rings (SSSR count). The Balaban J connectivity index is 1.52. The molecule has 0 atom stereocenters. The van der Waals surface area contributed by atoms with Crippen molar-refractivity contribution < 1.29 is 9.84 Å². The molecule has 1 aromatic heterocycles. The maximum absolute atomic E-state index is 9.29. The van der Waals surface area contributed by atoms with Gasteiger partial charge >= 0.3 is 0 Å². The summed E-state index contributed by atoms with van der Waals surface area (Å²) in [7, 11) is 0. The summed E-state index contributed by atoms with van der Waals surface area (Å²) in [6.45, 7) is 1.42. The summed E-state index contributed by atoms with van der Waals surface area (Å²) < 4.78 is 7.59. The Hall–Kier alpha value is -1.88. The van der Waals surface area contributed by atoms with Crippen molar-refractivity contribution in [2.24, 2.45) is 0 Å². The van der Waals surface area contributed by atoms with Crippen molar-refractivity contribution in [3.8, 4) is 5.75 Å². The average Bonchev–Trinajstić information content (AvgIpc) is 3.25. The van der Waals surface area contributed by atoms with Crippen molar-refractivity contribution in [3.63, 3.8) is 0 Å². The minimum Gasteiger partial charge on any atom is -0.494 e. The lowest BCUT2D eigenvalue weighted by Gasteiger charge is -2.08. The molecule has 0 aliphatic heterocycles. The van der Waals surface area contributed by atoms with E-state index in [1.54, 1.807) is 0 Å². The number of nitrogens with zero attached hydrogens (tertiary/aromatic N) is 3. The summed E-state index contributed by atoms with van der Waals surface area (Å²) in [4.78, 5) is 0. The molecule has 1 fully saturated rings. The highest BCUT2D eigenvalue weighted by Crippen LogP contribution is 2.41. The van der Waals surface area contributed by atoms with E-state index in [1.165, 1.54) is 12.8 Å². The first kappa shape index (κ1) is 13.1. The second kappa shape index (κ2) is 6.05. The third-order valence-corrected chi connectivity index (χ3v) is 3.49. The van der Waals surface area contributed by atoms with Gasteiger partial charge in [0, 0.05) is 18.9 Å². The fraction of sp³-hybridized carbons (Fsp3) is 0.467. The molecule has 106 valence electrons. The first-order valence-corrected chi connectivity index (χ1v) is 7.09. The van der Waals surface area contributed by atoms with E-state index in [-0.39, 0.29) is 6.61 Å². The molecule has 0 unspecified atom stereocenters. The van der Waals surface area contributed by atoms with Crippen LogP contribution >= 0.6 is 0 Å². The topological polar surface area (TPSA) is 60.2 Å². The summed E-state index contributed by atoms with van der Waals surface area (Å²) in [5, 5.41) is 17.5. The lowest BCUT2D eigenvalue weighted by molar-refractivity contribution is 0.275. The first-order valence-electron chi connectivity index (χ1n) is 7.09. The van der Waals surface area contributed by atoms with Crippen LogP contribution in [0.15, 0.2) is 30.3 Å². The number of aliphatic hydroxyl groups excluding tert-OH is 1. The van der Waals surface area contributed by atoms with Gasteiger partial charge in [-0.3, -0.25) is 0 Å². The van der Waals surface area contributed by atoms with Gasteiger partial charge in [0.15, 0.2) is 0 Å². The molecular formula is C15H19N3O2. The van der Waals surface area contributed by atoms with E-state index in [4.69, 9.17) is 4.74 Å². The Bertz CT molecular complexity index is 550. The van der Waals surface area contributed by atoms with Gasteiger partial charge in [-0.15, -0.1) is 5.10 Å². The third kappa shape index (κ3) is 2.99. The zero-order chi connectivity index (χ0) is 13.8. The minimum atomic E-state index is -0.0215. The molecule has 1 heterocycles. The molecule has 5 nitrogen and oxygen atoms in total. The predicted octanol–water partition coefficient (Wildman–Crippen LogP) is 2.12. The van der Waals surface area contributed by atoms with Gasteiger partial charge in [-0.1, -0.05) is 23.4 Å². The monoisotopic (exact) mass is 273 g/mol. The zero-order valence-corrected chi connectivity index (χ0v) is 11.4. The fourth-order valence-corrected chi connectivity index (χ4v) is 2.36. The molecule has 20 heavy (non-hydrogen) atoms. The number of hydrogen-bond acceptors (Lipinski definition) is 4. The van der Waals surface area contributed by atoms with Gasteiger partial charge in [-0.25, -0.2) is 4.68 Å². The predicted molar refractivity (Wildman–Crippen MR) is 74.5 cm³/mol. The molecular weight excluding hydrogens is 254 g/mol. The van der Waals surface area contributed by atoms with Crippen LogP contribution in [0.3, 0.4) is 0 Å². The van der Waals surface area contributed by atoms with Gasteiger partial charge in [0.1, 0.15) is 11.4 Å². The molecule has 0 spiro atoms. The van der Waals surface area contributed by atoms with Crippen LogP contribution in [0.1, 0.15) is 36.6 Å². The highest BCUT2D eigenvalue weighted by Gasteiger charge is 2.30. The Morgan fingerprint density at radius 2 is 2.05 bits per heavy atom. The molecule has 0 amide bonds. The second-order valence-corrected chi connectivity index (χ2v) is 5.09. The van der Waals surface area contributed by atoms with Gasteiger partial charge in [-0.05, 0) is 25.0 Å². The molecule has 0 saturated heterocycles. The lowest BCUT2D eigenvalue weighted by Crippen LogP contribution is -2.09. The minimum absolute atomic E-state index is 0.0215. The summed E-state index contributed by atoms with van der Waals surface area (Å²) in [5.74, 6) is 1.44. The van der Waals surface area contributed by atoms with E-state index in [0.717, 1.165) is 30.1 Å². The molecule has 0 bridgehead atoms. The smallest absolute Gasteiger partial charge is 0.119 e. The van der Waals surface area contributed by atoms with E-state index < -0.39 is 0 Å². The van der Waals surface area contributed by atoms with Crippen molar-refractivity contribution in [3.05, 3.63) is 41.7 Å². The van der Waals surface area contributed by atoms with Crippen LogP contribution in [0.25, 0.3) is 0 Å². The molecule has 0 radical (unpaired) electrons. The number of ether oxygens (including phenoxy) is 1. The van der Waals surface area contributed by atoms with Crippen LogP contribution in [0.4, 0.5) is 0 Å². The average molecular weight is 273 g/mol. The van der Waals surface area contributed by atoms with Crippen LogP contribution < -0.4 is 4.74 Å². The van der Waals surface area contributed by atoms with Crippen LogP contribution in [-0.4, -0.2) is 26.7 Å². The standard InChI is InChI=1S/C15H19N3O2/c19-11-14-15(12-7-8-12)18(17-16-14)9-4-10-20-13-5-2-1-3-6-13/h1-3,5-6,12,19H,4,7-11H2. The Kier molecular flexibility index (Phi) is 3.97. The molecule has 1 N–H and O–H groups in total. The van der Waals surface area contributed by atoms with E-state index >= 15 is 0 Å². The normalized spacial score (nSPS) is 14.4. The summed E-state index contributed by atoms with van der Waals surface area (Å²) in [6.07, 6.45) is 3.24. The van der Waals surface area contributed by atoms with Crippen molar-refractivity contribution in [2.75, 3.05) is 6.61 Å². The lowest BCUT2D eigenvalue weighted by atomic mass is 10.2. The van der Waals surface area contributed by atoms with Crippen molar-refractivity contribution in [2.45, 2.75) is 38.3 Å². The van der Waals surface area contributed by atoms with Crippen LogP contribution in [0.5, 0.6) is 5.75 Å². The number of aromatic nitrogens is 3. The Morgan fingerprint density at radius 1 is 1.25 bits per heavy atom. The second-order valence-electron chi connectivity index (χ2n) is 5.09. The number of rotatable bonds is 7. The maximum atomic E-state index is 9.29. The highest BCUT2D eigenvalue weighted by atomic mass is 16.5. The van der Waals surface area contributed by atoms with E-state index in [2.05, 4.69) is 10.3 Å². The van der Waals surface area contributed by atoms with E-state index in [0.29, 0.717) is 12.5 Å². The van der Waals surface area contributed by atoms with Crippen molar-refractivity contribution in [1.82, 2.24) is 15.0 Å². The third-order valence-electron chi connectivity index (χ3n) is 3.49. The Morgan fingerprint density at radius 3 is 2.75 bits per heavy atom. The van der Waals surface area contributed by atoms with Crippen LogP contribution in [-0.2, 0) is 13.2 Å². The Labute approximate surface area is 118 Å². The fourth-order valence-electron chi connectivity index (χ4n) is 2.36. The van der Waals surface area contributed by atoms with Crippen LogP contribution in [0.2, 0.25) is 0 Å². The summed E-state index contributed by atoms with van der Waals surface area (Å²) in [5.41, 5.74) is 1.85. The quantitative estimate of drug-likeness (QED) is 0.785.